The van der Waals surface area contributed by atoms with Crippen LogP contribution < -0.4 is 5.32 Å². The van der Waals surface area contributed by atoms with E-state index in [1.54, 1.807) is 0 Å². The number of halogens is 2. The van der Waals surface area contributed by atoms with Gasteiger partial charge in [0.2, 0.25) is 0 Å². The highest BCUT2D eigenvalue weighted by Crippen LogP contribution is 2.18. The van der Waals surface area contributed by atoms with Crippen molar-refractivity contribution in [3.8, 4) is 0 Å². The molecule has 1 rings (SSSR count). The molecule has 0 aliphatic heterocycles. The Kier molecular flexibility index (Phi) is 7.45. The van der Waals surface area contributed by atoms with E-state index in [4.69, 9.17) is 0 Å². The summed E-state index contributed by atoms with van der Waals surface area (Å²) in [5.41, 5.74) is 1.21. The van der Waals surface area contributed by atoms with Crippen LogP contribution in [-0.4, -0.2) is 13.1 Å². The van der Waals surface area contributed by atoms with Crippen LogP contribution >= 0.6 is 15.9 Å². The predicted octanol–water partition coefficient (Wildman–Crippen LogP) is 4.30. The molecule has 0 aliphatic rings. The molecule has 96 valence electrons. The average molecular weight is 302 g/mol. The summed E-state index contributed by atoms with van der Waals surface area (Å²) in [6, 6.07) is 5.29. The van der Waals surface area contributed by atoms with E-state index in [0.717, 1.165) is 19.5 Å². The minimum atomic E-state index is -0.181. The van der Waals surface area contributed by atoms with Crippen molar-refractivity contribution in [2.45, 2.75) is 39.0 Å². The maximum Gasteiger partial charge on any atom is 0.137 e. The molecule has 3 heteroatoms. The van der Waals surface area contributed by atoms with E-state index >= 15 is 0 Å². The zero-order valence-electron chi connectivity index (χ0n) is 10.4. The Morgan fingerprint density at radius 2 is 1.94 bits per heavy atom. The molecule has 0 bridgehead atoms. The highest BCUT2D eigenvalue weighted by atomic mass is 79.9. The lowest BCUT2D eigenvalue weighted by atomic mass is 10.1. The van der Waals surface area contributed by atoms with Crippen LogP contribution in [0.25, 0.3) is 0 Å². The molecule has 1 aromatic rings. The number of hydrogen-bond donors (Lipinski definition) is 1. The first kappa shape index (κ1) is 14.7. The maximum atomic E-state index is 13.0. The lowest BCUT2D eigenvalue weighted by molar-refractivity contribution is 0.596. The van der Waals surface area contributed by atoms with Crippen LogP contribution in [0, 0.1) is 5.82 Å². The first-order valence-corrected chi connectivity index (χ1v) is 7.18. The standard InChI is InChI=1S/C14H21BrFN/c1-2-17-10-6-4-3-5-7-12-8-9-14(16)13(15)11-12/h8-9,11,17H,2-7,10H2,1H3. The highest BCUT2D eigenvalue weighted by Gasteiger charge is 2.00. The zero-order valence-corrected chi connectivity index (χ0v) is 12.0. The number of rotatable bonds is 8. The van der Waals surface area contributed by atoms with Gasteiger partial charge in [-0.25, -0.2) is 4.39 Å². The highest BCUT2D eigenvalue weighted by molar-refractivity contribution is 9.10. The fourth-order valence-corrected chi connectivity index (χ4v) is 2.23. The first-order valence-electron chi connectivity index (χ1n) is 6.38. The van der Waals surface area contributed by atoms with Crippen molar-refractivity contribution < 1.29 is 4.39 Å². The second kappa shape index (κ2) is 8.65. The Morgan fingerprint density at radius 3 is 2.65 bits per heavy atom. The Labute approximate surface area is 112 Å². The van der Waals surface area contributed by atoms with Crippen molar-refractivity contribution in [3.63, 3.8) is 0 Å². The van der Waals surface area contributed by atoms with Crippen molar-refractivity contribution in [2.75, 3.05) is 13.1 Å². The Morgan fingerprint density at radius 1 is 1.18 bits per heavy atom. The molecular formula is C14H21BrFN. The second-order valence-corrected chi connectivity index (χ2v) is 5.12. The third-order valence-corrected chi connectivity index (χ3v) is 3.41. The van der Waals surface area contributed by atoms with Crippen molar-refractivity contribution in [1.82, 2.24) is 5.32 Å². The molecule has 0 spiro atoms. The van der Waals surface area contributed by atoms with Gasteiger partial charge in [-0.15, -0.1) is 0 Å². The fraction of sp³-hybridized carbons (Fsp3) is 0.571. The lowest BCUT2D eigenvalue weighted by Gasteiger charge is -2.04. The van der Waals surface area contributed by atoms with Gasteiger partial charge in [0.25, 0.3) is 0 Å². The van der Waals surface area contributed by atoms with Gasteiger partial charge in [0.05, 0.1) is 4.47 Å². The molecule has 0 amide bonds. The summed E-state index contributed by atoms with van der Waals surface area (Å²) in [7, 11) is 0. The van der Waals surface area contributed by atoms with Gasteiger partial charge in [-0.2, -0.15) is 0 Å². The van der Waals surface area contributed by atoms with E-state index in [9.17, 15) is 4.39 Å². The topological polar surface area (TPSA) is 12.0 Å². The van der Waals surface area contributed by atoms with Crippen LogP contribution in [0.1, 0.15) is 38.2 Å². The molecule has 0 saturated heterocycles. The van der Waals surface area contributed by atoms with E-state index in [2.05, 4.69) is 28.2 Å². The summed E-state index contributed by atoms with van der Waals surface area (Å²) in [6.07, 6.45) is 6.00. The van der Waals surface area contributed by atoms with E-state index in [0.29, 0.717) is 4.47 Å². The van der Waals surface area contributed by atoms with Gasteiger partial charge < -0.3 is 5.32 Å². The molecule has 0 unspecified atom stereocenters. The van der Waals surface area contributed by atoms with Gasteiger partial charge in [-0.1, -0.05) is 25.8 Å². The van der Waals surface area contributed by atoms with Crippen LogP contribution in [0.2, 0.25) is 0 Å². The Balaban J connectivity index is 2.11. The smallest absolute Gasteiger partial charge is 0.137 e. The van der Waals surface area contributed by atoms with Crippen molar-refractivity contribution in [3.05, 3.63) is 34.1 Å². The van der Waals surface area contributed by atoms with E-state index < -0.39 is 0 Å². The molecule has 0 aromatic heterocycles. The molecule has 0 aliphatic carbocycles. The molecule has 1 nitrogen and oxygen atoms in total. The quantitative estimate of drug-likeness (QED) is 0.706. The van der Waals surface area contributed by atoms with Crippen molar-refractivity contribution in [2.24, 2.45) is 0 Å². The second-order valence-electron chi connectivity index (χ2n) is 4.27. The molecule has 0 heterocycles. The summed E-state index contributed by atoms with van der Waals surface area (Å²) >= 11 is 3.21. The first-order chi connectivity index (χ1) is 8.24. The third-order valence-electron chi connectivity index (χ3n) is 2.80. The summed E-state index contributed by atoms with van der Waals surface area (Å²) in [5.74, 6) is -0.181. The summed E-state index contributed by atoms with van der Waals surface area (Å²) < 4.78 is 13.6. The van der Waals surface area contributed by atoms with E-state index in [1.165, 1.54) is 37.3 Å². The Hall–Kier alpha value is -0.410. The molecule has 0 fully saturated rings. The van der Waals surface area contributed by atoms with Crippen LogP contribution in [-0.2, 0) is 6.42 Å². The van der Waals surface area contributed by atoms with E-state index in [1.807, 2.05) is 12.1 Å². The van der Waals surface area contributed by atoms with Crippen LogP contribution in [0.15, 0.2) is 22.7 Å². The largest absolute Gasteiger partial charge is 0.317 e. The third kappa shape index (κ3) is 6.18. The van der Waals surface area contributed by atoms with Crippen molar-refractivity contribution in [1.29, 1.82) is 0 Å². The maximum absolute atomic E-state index is 13.0. The summed E-state index contributed by atoms with van der Waals surface area (Å²) in [6.45, 7) is 4.31. The SMILES string of the molecule is CCNCCCCCCc1ccc(F)c(Br)c1. The van der Waals surface area contributed by atoms with Gasteiger partial charge in [-0.05, 0) is 66.0 Å². The predicted molar refractivity (Wildman–Crippen MR) is 74.8 cm³/mol. The zero-order chi connectivity index (χ0) is 12.5. The Bertz CT molecular complexity index is 328. The average Bonchev–Trinajstić information content (AvgIpc) is 2.32. The monoisotopic (exact) mass is 301 g/mol. The van der Waals surface area contributed by atoms with Gasteiger partial charge in [0.15, 0.2) is 0 Å². The number of nitrogens with one attached hydrogen (secondary N) is 1. The molecule has 1 N–H and O–H groups in total. The van der Waals surface area contributed by atoms with Gasteiger partial charge >= 0.3 is 0 Å². The number of unbranched alkanes of at least 4 members (excludes halogenated alkanes) is 3. The van der Waals surface area contributed by atoms with Gasteiger partial charge in [0.1, 0.15) is 5.82 Å². The fourth-order valence-electron chi connectivity index (χ4n) is 1.80. The molecule has 0 saturated carbocycles. The number of hydrogen-bond acceptors (Lipinski definition) is 1. The van der Waals surface area contributed by atoms with Gasteiger partial charge in [-0.3, -0.25) is 0 Å². The van der Waals surface area contributed by atoms with Crippen LogP contribution in [0.5, 0.6) is 0 Å². The summed E-state index contributed by atoms with van der Waals surface area (Å²) in [4.78, 5) is 0. The van der Waals surface area contributed by atoms with Gasteiger partial charge in [0, 0.05) is 0 Å². The minimum absolute atomic E-state index is 0.181. The molecule has 0 atom stereocenters. The molecule has 17 heavy (non-hydrogen) atoms. The molecular weight excluding hydrogens is 281 g/mol. The van der Waals surface area contributed by atoms with Crippen LogP contribution in [0.3, 0.4) is 0 Å². The number of benzene rings is 1. The lowest BCUT2D eigenvalue weighted by Crippen LogP contribution is -2.13. The van der Waals surface area contributed by atoms with Crippen LogP contribution in [0.4, 0.5) is 4.39 Å². The molecule has 0 radical (unpaired) electrons. The normalized spacial score (nSPS) is 10.8. The minimum Gasteiger partial charge on any atom is -0.317 e. The summed E-state index contributed by atoms with van der Waals surface area (Å²) in [5, 5.41) is 3.32. The van der Waals surface area contributed by atoms with Crippen molar-refractivity contribution >= 4 is 15.9 Å². The number of aryl methyl sites for hydroxylation is 1. The molecule has 1 aromatic carbocycles. The van der Waals surface area contributed by atoms with E-state index in [-0.39, 0.29) is 5.82 Å².